The van der Waals surface area contributed by atoms with Gasteiger partial charge in [-0.2, -0.15) is 0 Å². The Bertz CT molecular complexity index is 516. The molecule has 1 aliphatic rings. The summed E-state index contributed by atoms with van der Waals surface area (Å²) in [5.41, 5.74) is 4.15. The van der Waals surface area contributed by atoms with Crippen LogP contribution in [0.5, 0.6) is 0 Å². The van der Waals surface area contributed by atoms with E-state index in [2.05, 4.69) is 32.0 Å². The minimum absolute atomic E-state index is 0.171. The Balaban J connectivity index is 2.50. The summed E-state index contributed by atoms with van der Waals surface area (Å²) in [6.45, 7) is 14.5. The molecular formula is C20H32O3. The number of hydrogen-bond acceptors (Lipinski definition) is 3. The van der Waals surface area contributed by atoms with Gasteiger partial charge in [0, 0.05) is 25.4 Å². The number of ether oxygens (including phenoxy) is 3. The Morgan fingerprint density at radius 3 is 2.30 bits per heavy atom. The fraction of sp³-hybridized carbons (Fsp3) is 0.700. The van der Waals surface area contributed by atoms with Crippen molar-refractivity contribution in [3.8, 4) is 0 Å². The second-order valence-electron chi connectivity index (χ2n) is 6.89. The number of rotatable bonds is 8. The topological polar surface area (TPSA) is 27.7 Å². The molecule has 0 heterocycles. The van der Waals surface area contributed by atoms with Crippen molar-refractivity contribution in [1.29, 1.82) is 0 Å². The van der Waals surface area contributed by atoms with E-state index in [1.807, 2.05) is 27.7 Å². The van der Waals surface area contributed by atoms with Crippen LogP contribution < -0.4 is 0 Å². The van der Waals surface area contributed by atoms with Crippen LogP contribution in [-0.4, -0.2) is 25.9 Å². The van der Waals surface area contributed by atoms with Crippen molar-refractivity contribution >= 4 is 0 Å². The third-order valence-electron chi connectivity index (χ3n) is 4.93. The molecule has 1 aromatic carbocycles. The van der Waals surface area contributed by atoms with E-state index in [1.165, 1.54) is 17.5 Å². The maximum Gasteiger partial charge on any atom is 0.221 e. The van der Waals surface area contributed by atoms with Gasteiger partial charge in [-0.15, -0.1) is 0 Å². The molecule has 0 N–H and O–H groups in total. The summed E-state index contributed by atoms with van der Waals surface area (Å²) in [7, 11) is 0. The van der Waals surface area contributed by atoms with E-state index in [0.29, 0.717) is 19.8 Å². The molecule has 1 aromatic rings. The Hall–Kier alpha value is -0.900. The van der Waals surface area contributed by atoms with Crippen LogP contribution >= 0.6 is 0 Å². The summed E-state index contributed by atoms with van der Waals surface area (Å²) in [6.07, 6.45) is 2.18. The normalized spacial score (nSPS) is 18.0. The first-order chi connectivity index (χ1) is 10.9. The van der Waals surface area contributed by atoms with Gasteiger partial charge in [0.05, 0.1) is 0 Å². The highest BCUT2D eigenvalue weighted by molar-refractivity contribution is 5.42. The quantitative estimate of drug-likeness (QED) is 0.657. The monoisotopic (exact) mass is 320 g/mol. The van der Waals surface area contributed by atoms with Crippen LogP contribution in [0.25, 0.3) is 0 Å². The molecule has 0 amide bonds. The average Bonchev–Trinajstić information content (AvgIpc) is 2.82. The lowest BCUT2D eigenvalue weighted by molar-refractivity contribution is -0.294. The first kappa shape index (κ1) is 18.4. The number of fused-ring (bicyclic) bond motifs is 1. The second-order valence-corrected chi connectivity index (χ2v) is 6.89. The van der Waals surface area contributed by atoms with Crippen LogP contribution in [0.1, 0.15) is 64.7 Å². The van der Waals surface area contributed by atoms with Crippen LogP contribution in [0.2, 0.25) is 0 Å². The lowest BCUT2D eigenvalue weighted by atomic mass is 9.84. The summed E-state index contributed by atoms with van der Waals surface area (Å²) in [5.74, 6) is -0.840. The molecule has 3 heteroatoms. The zero-order valence-electron chi connectivity index (χ0n) is 15.6. The summed E-state index contributed by atoms with van der Waals surface area (Å²) in [4.78, 5) is 0. The number of aryl methyl sites for hydroxylation is 1. The van der Waals surface area contributed by atoms with E-state index in [9.17, 15) is 0 Å². The first-order valence-corrected chi connectivity index (χ1v) is 8.94. The molecular weight excluding hydrogens is 288 g/mol. The van der Waals surface area contributed by atoms with Crippen molar-refractivity contribution in [2.24, 2.45) is 0 Å². The van der Waals surface area contributed by atoms with Crippen LogP contribution in [0.15, 0.2) is 18.2 Å². The predicted octanol–water partition coefficient (Wildman–Crippen LogP) is 4.56. The molecule has 0 radical (unpaired) electrons. The predicted molar refractivity (Wildman–Crippen MR) is 93.8 cm³/mol. The molecule has 0 saturated carbocycles. The molecule has 3 nitrogen and oxygen atoms in total. The third kappa shape index (κ3) is 3.47. The Labute approximate surface area is 141 Å². The standard InChI is InChI=1S/C20H32O3/c1-7-21-15(4)20(22-8-2,23-9-3)17-11-10-16-12-13-19(5,6)18(16)14-17/h10-11,14-15H,7-9,12-13H2,1-6H3. The SMILES string of the molecule is CCOC(C)C(OCC)(OCC)c1ccc2c(c1)C(C)(C)CC2. The highest BCUT2D eigenvalue weighted by Gasteiger charge is 2.42. The molecule has 0 bridgehead atoms. The van der Waals surface area contributed by atoms with E-state index in [0.717, 1.165) is 12.0 Å². The van der Waals surface area contributed by atoms with Crippen LogP contribution in [0.3, 0.4) is 0 Å². The van der Waals surface area contributed by atoms with E-state index in [-0.39, 0.29) is 11.5 Å². The molecule has 2 rings (SSSR count). The lowest BCUT2D eigenvalue weighted by Gasteiger charge is -2.39. The maximum atomic E-state index is 6.15. The maximum absolute atomic E-state index is 6.15. The summed E-state index contributed by atoms with van der Waals surface area (Å²) < 4.78 is 18.2. The van der Waals surface area contributed by atoms with Gasteiger partial charge in [-0.1, -0.05) is 26.0 Å². The Morgan fingerprint density at radius 1 is 1.09 bits per heavy atom. The molecule has 1 unspecified atom stereocenters. The van der Waals surface area contributed by atoms with Crippen LogP contribution in [-0.2, 0) is 31.8 Å². The molecule has 1 aliphatic carbocycles. The fourth-order valence-electron chi connectivity index (χ4n) is 3.69. The van der Waals surface area contributed by atoms with Gasteiger partial charge >= 0.3 is 0 Å². The zero-order chi connectivity index (χ0) is 17.1. The molecule has 1 atom stereocenters. The summed E-state index contributed by atoms with van der Waals surface area (Å²) in [5, 5.41) is 0. The van der Waals surface area contributed by atoms with Crippen molar-refractivity contribution < 1.29 is 14.2 Å². The van der Waals surface area contributed by atoms with Crippen molar-refractivity contribution in [2.45, 2.75) is 71.7 Å². The number of benzene rings is 1. The van der Waals surface area contributed by atoms with Crippen molar-refractivity contribution in [3.05, 3.63) is 34.9 Å². The van der Waals surface area contributed by atoms with Crippen molar-refractivity contribution in [2.75, 3.05) is 19.8 Å². The average molecular weight is 320 g/mol. The minimum Gasteiger partial charge on any atom is -0.373 e. The van der Waals surface area contributed by atoms with Gasteiger partial charge in [0.2, 0.25) is 5.79 Å². The van der Waals surface area contributed by atoms with Gasteiger partial charge in [-0.05, 0) is 63.1 Å². The van der Waals surface area contributed by atoms with Gasteiger partial charge in [0.25, 0.3) is 0 Å². The second kappa shape index (κ2) is 7.33. The van der Waals surface area contributed by atoms with Gasteiger partial charge in [-0.3, -0.25) is 0 Å². The largest absolute Gasteiger partial charge is 0.373 e. The Morgan fingerprint density at radius 2 is 1.74 bits per heavy atom. The molecule has 0 aliphatic heterocycles. The molecule has 0 aromatic heterocycles. The van der Waals surface area contributed by atoms with Crippen LogP contribution in [0.4, 0.5) is 0 Å². The van der Waals surface area contributed by atoms with Crippen LogP contribution in [0, 0.1) is 0 Å². The van der Waals surface area contributed by atoms with Gasteiger partial charge < -0.3 is 14.2 Å². The third-order valence-corrected chi connectivity index (χ3v) is 4.93. The van der Waals surface area contributed by atoms with E-state index < -0.39 is 5.79 Å². The smallest absolute Gasteiger partial charge is 0.221 e. The summed E-state index contributed by atoms with van der Waals surface area (Å²) >= 11 is 0. The highest BCUT2D eigenvalue weighted by Crippen LogP contribution is 2.42. The zero-order valence-corrected chi connectivity index (χ0v) is 15.6. The molecule has 0 spiro atoms. The van der Waals surface area contributed by atoms with Crippen molar-refractivity contribution in [3.63, 3.8) is 0 Å². The highest BCUT2D eigenvalue weighted by atomic mass is 16.7. The Kier molecular flexibility index (Phi) is 5.88. The van der Waals surface area contributed by atoms with Gasteiger partial charge in [-0.25, -0.2) is 0 Å². The van der Waals surface area contributed by atoms with Gasteiger partial charge in [0.1, 0.15) is 6.10 Å². The lowest BCUT2D eigenvalue weighted by Crippen LogP contribution is -2.45. The van der Waals surface area contributed by atoms with E-state index >= 15 is 0 Å². The fourth-order valence-corrected chi connectivity index (χ4v) is 3.69. The number of hydrogen-bond donors (Lipinski definition) is 0. The van der Waals surface area contributed by atoms with E-state index in [1.54, 1.807) is 0 Å². The first-order valence-electron chi connectivity index (χ1n) is 8.94. The van der Waals surface area contributed by atoms with Gasteiger partial charge in [0.15, 0.2) is 0 Å². The molecule has 23 heavy (non-hydrogen) atoms. The molecule has 0 saturated heterocycles. The van der Waals surface area contributed by atoms with Crippen molar-refractivity contribution in [1.82, 2.24) is 0 Å². The van der Waals surface area contributed by atoms with E-state index in [4.69, 9.17) is 14.2 Å². The molecule has 0 fully saturated rings. The molecule has 130 valence electrons. The minimum atomic E-state index is -0.840. The summed E-state index contributed by atoms with van der Waals surface area (Å²) in [6, 6.07) is 6.68.